The molecule has 1 N–H and O–H groups in total. The molecule has 0 bridgehead atoms. The highest BCUT2D eigenvalue weighted by molar-refractivity contribution is 5.95. The minimum absolute atomic E-state index is 0.0684. The van der Waals surface area contributed by atoms with Crippen molar-refractivity contribution in [1.82, 2.24) is 0 Å². The van der Waals surface area contributed by atoms with Crippen LogP contribution in [0.3, 0.4) is 0 Å². The lowest BCUT2D eigenvalue weighted by Crippen LogP contribution is -2.27. The monoisotopic (exact) mass is 322 g/mol. The van der Waals surface area contributed by atoms with Crippen LogP contribution in [0, 0.1) is 27.4 Å². The summed E-state index contributed by atoms with van der Waals surface area (Å²) in [5.41, 5.74) is 1.01. The predicted octanol–water partition coefficient (Wildman–Crippen LogP) is 3.98. The highest BCUT2D eigenvalue weighted by Crippen LogP contribution is 2.24. The maximum atomic E-state index is 12.2. The fourth-order valence-corrected chi connectivity index (χ4v) is 1.83. The molecule has 0 aromatic heterocycles. The summed E-state index contributed by atoms with van der Waals surface area (Å²) in [6.45, 7) is 5.38. The number of nitro benzene ring substituents is 1. The Morgan fingerprint density at radius 3 is 2.33 bits per heavy atom. The number of carbonyl (C=O) groups excluding carboxylic acids is 1. The van der Waals surface area contributed by atoms with Crippen LogP contribution < -0.4 is 5.32 Å². The summed E-state index contributed by atoms with van der Waals surface area (Å²) in [4.78, 5) is 22.7. The van der Waals surface area contributed by atoms with Gasteiger partial charge in [-0.2, -0.15) is 0 Å². The van der Waals surface area contributed by atoms with E-state index in [4.69, 9.17) is 0 Å². The lowest BCUT2D eigenvalue weighted by Gasteiger charge is -2.18. The molecule has 1 amide bonds. The second kappa shape index (κ2) is 6.97. The Labute approximate surface area is 140 Å². The molecule has 0 aliphatic heterocycles. The first kappa shape index (κ1) is 17.2. The molecule has 0 radical (unpaired) electrons. The fourth-order valence-electron chi connectivity index (χ4n) is 1.83. The van der Waals surface area contributed by atoms with Crippen LogP contribution in [-0.2, 0) is 4.79 Å². The molecule has 0 aliphatic carbocycles. The van der Waals surface area contributed by atoms with Gasteiger partial charge in [0.25, 0.3) is 5.69 Å². The Morgan fingerprint density at radius 2 is 1.75 bits per heavy atom. The molecule has 0 atom stereocenters. The topological polar surface area (TPSA) is 72.2 Å². The number of anilines is 1. The lowest BCUT2D eigenvalue weighted by atomic mass is 9.95. The van der Waals surface area contributed by atoms with Crippen molar-refractivity contribution in [2.24, 2.45) is 5.41 Å². The number of carbonyl (C=O) groups is 1. The highest BCUT2D eigenvalue weighted by atomic mass is 16.6. The Bertz CT molecular complexity index is 825. The van der Waals surface area contributed by atoms with E-state index in [1.54, 1.807) is 20.8 Å². The third-order valence-electron chi connectivity index (χ3n) is 3.26. The van der Waals surface area contributed by atoms with Gasteiger partial charge in [0.2, 0.25) is 5.91 Å². The number of nitro groups is 1. The van der Waals surface area contributed by atoms with Crippen molar-refractivity contribution in [1.29, 1.82) is 0 Å². The minimum atomic E-state index is -0.577. The van der Waals surface area contributed by atoms with E-state index in [-0.39, 0.29) is 11.6 Å². The first-order chi connectivity index (χ1) is 11.3. The van der Waals surface area contributed by atoms with Crippen LogP contribution in [0.2, 0.25) is 0 Å². The highest BCUT2D eigenvalue weighted by Gasteiger charge is 2.22. The maximum absolute atomic E-state index is 12.2. The molecule has 2 rings (SSSR count). The van der Waals surface area contributed by atoms with E-state index in [9.17, 15) is 14.9 Å². The molecule has 0 spiro atoms. The Balaban J connectivity index is 2.42. The van der Waals surface area contributed by atoms with Crippen LogP contribution in [-0.4, -0.2) is 10.8 Å². The van der Waals surface area contributed by atoms with Crippen molar-refractivity contribution in [3.05, 3.63) is 69.8 Å². The number of benzene rings is 2. The van der Waals surface area contributed by atoms with Gasteiger partial charge in [0.1, 0.15) is 0 Å². The van der Waals surface area contributed by atoms with Gasteiger partial charge < -0.3 is 5.32 Å². The van der Waals surface area contributed by atoms with E-state index >= 15 is 0 Å². The second-order valence-corrected chi connectivity index (χ2v) is 6.31. The average molecular weight is 322 g/mol. The number of non-ortho nitro benzene ring substituents is 1. The van der Waals surface area contributed by atoms with Crippen LogP contribution in [0.1, 0.15) is 31.9 Å². The predicted molar refractivity (Wildman–Crippen MR) is 93.6 cm³/mol. The third-order valence-corrected chi connectivity index (χ3v) is 3.26. The molecule has 5 nitrogen and oxygen atoms in total. The maximum Gasteiger partial charge on any atom is 0.270 e. The largest absolute Gasteiger partial charge is 0.325 e. The van der Waals surface area contributed by atoms with Crippen molar-refractivity contribution in [3.63, 3.8) is 0 Å². The van der Waals surface area contributed by atoms with E-state index in [0.29, 0.717) is 11.3 Å². The van der Waals surface area contributed by atoms with Gasteiger partial charge in [0.05, 0.1) is 16.2 Å². The van der Waals surface area contributed by atoms with E-state index < -0.39 is 10.3 Å². The lowest BCUT2D eigenvalue weighted by molar-refractivity contribution is -0.384. The molecule has 0 heterocycles. The molecule has 0 aliphatic rings. The molecular formula is C19H18N2O3. The smallest absolute Gasteiger partial charge is 0.270 e. The summed E-state index contributed by atoms with van der Waals surface area (Å²) in [7, 11) is 0. The van der Waals surface area contributed by atoms with Crippen LogP contribution in [0.25, 0.3) is 0 Å². The fraction of sp³-hybridized carbons (Fsp3) is 0.211. The average Bonchev–Trinajstić information content (AvgIpc) is 2.53. The van der Waals surface area contributed by atoms with E-state index in [0.717, 1.165) is 5.56 Å². The zero-order valence-electron chi connectivity index (χ0n) is 13.8. The molecular weight excluding hydrogens is 304 g/mol. The quantitative estimate of drug-likeness (QED) is 0.516. The van der Waals surface area contributed by atoms with Crippen LogP contribution in [0.15, 0.2) is 48.5 Å². The molecule has 5 heteroatoms. The minimum Gasteiger partial charge on any atom is -0.325 e. The summed E-state index contributed by atoms with van der Waals surface area (Å²) in [5, 5.41) is 13.8. The van der Waals surface area contributed by atoms with Gasteiger partial charge in [0, 0.05) is 23.1 Å². The van der Waals surface area contributed by atoms with Gasteiger partial charge in [-0.15, -0.1) is 0 Å². The summed E-state index contributed by atoms with van der Waals surface area (Å²) >= 11 is 0. The molecule has 2 aromatic carbocycles. The van der Waals surface area contributed by atoms with Gasteiger partial charge in [-0.1, -0.05) is 50.8 Å². The van der Waals surface area contributed by atoms with Crippen LogP contribution in [0.5, 0.6) is 0 Å². The summed E-state index contributed by atoms with van der Waals surface area (Å²) < 4.78 is 0. The molecule has 0 saturated heterocycles. The van der Waals surface area contributed by atoms with E-state index in [1.807, 2.05) is 30.3 Å². The molecule has 0 saturated carbocycles. The van der Waals surface area contributed by atoms with E-state index in [2.05, 4.69) is 17.2 Å². The van der Waals surface area contributed by atoms with Crippen molar-refractivity contribution >= 4 is 17.3 Å². The Morgan fingerprint density at radius 1 is 1.08 bits per heavy atom. The number of hydrogen-bond acceptors (Lipinski definition) is 3. The molecule has 122 valence electrons. The van der Waals surface area contributed by atoms with Crippen molar-refractivity contribution < 1.29 is 9.72 Å². The molecule has 0 fully saturated rings. The standard InChI is InChI=1S/C19H18N2O3/c1-19(2,3)18(22)20-17-12-11-16(21(23)24)13-15(17)10-9-14-7-5-4-6-8-14/h4-8,11-13H,1-3H3,(H,20,22). The van der Waals surface area contributed by atoms with Gasteiger partial charge >= 0.3 is 0 Å². The van der Waals surface area contributed by atoms with Crippen molar-refractivity contribution in [3.8, 4) is 11.8 Å². The molecule has 0 unspecified atom stereocenters. The third kappa shape index (κ3) is 4.43. The second-order valence-electron chi connectivity index (χ2n) is 6.31. The Kier molecular flexibility index (Phi) is 5.00. The number of rotatable bonds is 2. The van der Waals surface area contributed by atoms with Gasteiger partial charge in [-0.3, -0.25) is 14.9 Å². The number of hydrogen-bond donors (Lipinski definition) is 1. The van der Waals surface area contributed by atoms with Gasteiger partial charge in [0.15, 0.2) is 0 Å². The van der Waals surface area contributed by atoms with Crippen LogP contribution >= 0.6 is 0 Å². The zero-order valence-corrected chi connectivity index (χ0v) is 13.8. The molecule has 2 aromatic rings. The number of nitrogens with zero attached hydrogens (tertiary/aromatic N) is 1. The van der Waals surface area contributed by atoms with Crippen molar-refractivity contribution in [2.45, 2.75) is 20.8 Å². The van der Waals surface area contributed by atoms with Crippen molar-refractivity contribution in [2.75, 3.05) is 5.32 Å². The number of amides is 1. The molecule has 24 heavy (non-hydrogen) atoms. The number of nitrogens with one attached hydrogen (secondary N) is 1. The normalized spacial score (nSPS) is 10.5. The van der Waals surface area contributed by atoms with Gasteiger partial charge in [-0.05, 0) is 18.2 Å². The SMILES string of the molecule is CC(C)(C)C(=O)Nc1ccc([N+](=O)[O-])cc1C#Cc1ccccc1. The summed E-state index contributed by atoms with van der Waals surface area (Å²) in [6.07, 6.45) is 0. The summed E-state index contributed by atoms with van der Waals surface area (Å²) in [6, 6.07) is 13.5. The Hall–Kier alpha value is -3.13. The first-order valence-corrected chi connectivity index (χ1v) is 7.44. The van der Waals surface area contributed by atoms with E-state index in [1.165, 1.54) is 18.2 Å². The first-order valence-electron chi connectivity index (χ1n) is 7.44. The zero-order chi connectivity index (χ0) is 17.7. The summed E-state index contributed by atoms with van der Waals surface area (Å²) in [5.74, 6) is 5.69. The van der Waals surface area contributed by atoms with Crippen LogP contribution in [0.4, 0.5) is 11.4 Å². The van der Waals surface area contributed by atoms with Gasteiger partial charge in [-0.25, -0.2) is 0 Å².